The van der Waals surface area contributed by atoms with E-state index in [0.29, 0.717) is 18.8 Å². The number of ether oxygens (including phenoxy) is 1. The molecule has 1 aromatic heterocycles. The molecule has 0 aliphatic heterocycles. The van der Waals surface area contributed by atoms with Crippen molar-refractivity contribution in [2.24, 2.45) is 5.14 Å². The molecule has 1 rings (SSSR count). The minimum atomic E-state index is -3.74. The summed E-state index contributed by atoms with van der Waals surface area (Å²) < 4.78 is 27.1. The monoisotopic (exact) mass is 231 g/mol. The number of nitrogens with one attached hydrogen (secondary N) is 1. The number of aromatic nitrogens is 1. The zero-order chi connectivity index (χ0) is 11.3. The third-order valence-electron chi connectivity index (χ3n) is 1.71. The summed E-state index contributed by atoms with van der Waals surface area (Å²) in [6.45, 7) is 0.982. The number of anilines is 1. The molecule has 0 radical (unpaired) electrons. The lowest BCUT2D eigenvalue weighted by Gasteiger charge is -2.08. The van der Waals surface area contributed by atoms with Gasteiger partial charge >= 0.3 is 0 Å². The van der Waals surface area contributed by atoms with E-state index in [0.717, 1.165) is 0 Å². The Morgan fingerprint density at radius 2 is 2.33 bits per heavy atom. The summed E-state index contributed by atoms with van der Waals surface area (Å²) in [5, 5.41) is 7.92. The topological polar surface area (TPSA) is 94.3 Å². The van der Waals surface area contributed by atoms with E-state index in [9.17, 15) is 8.42 Å². The standard InChI is InChI=1S/C8H13N3O3S/c1-14-5-4-11-7-2-3-10-6-8(7)15(9,12)13/h2-3,6H,4-5H2,1H3,(H,10,11)(H2,9,12,13). The fourth-order valence-electron chi connectivity index (χ4n) is 1.04. The second-order valence-corrected chi connectivity index (χ2v) is 4.37. The Morgan fingerprint density at radius 3 is 2.93 bits per heavy atom. The molecule has 0 saturated heterocycles. The second kappa shape index (κ2) is 5.06. The Balaban J connectivity index is 2.88. The van der Waals surface area contributed by atoms with E-state index >= 15 is 0 Å². The maximum Gasteiger partial charge on any atom is 0.241 e. The molecule has 0 aliphatic rings. The van der Waals surface area contributed by atoms with Gasteiger partial charge in [-0.3, -0.25) is 4.98 Å². The zero-order valence-corrected chi connectivity index (χ0v) is 9.12. The van der Waals surface area contributed by atoms with Crippen LogP contribution in [0.5, 0.6) is 0 Å². The van der Waals surface area contributed by atoms with Crippen molar-refractivity contribution in [2.75, 3.05) is 25.6 Å². The highest BCUT2D eigenvalue weighted by atomic mass is 32.2. The SMILES string of the molecule is COCCNc1ccncc1S(N)(=O)=O. The van der Waals surface area contributed by atoms with Crippen molar-refractivity contribution in [3.63, 3.8) is 0 Å². The quantitative estimate of drug-likeness (QED) is 0.684. The smallest absolute Gasteiger partial charge is 0.241 e. The average Bonchev–Trinajstić information content (AvgIpc) is 2.17. The largest absolute Gasteiger partial charge is 0.383 e. The van der Waals surface area contributed by atoms with Crippen molar-refractivity contribution in [3.05, 3.63) is 18.5 Å². The molecule has 0 aliphatic carbocycles. The van der Waals surface area contributed by atoms with Crippen LogP contribution in [0.2, 0.25) is 0 Å². The van der Waals surface area contributed by atoms with Crippen molar-refractivity contribution in [3.8, 4) is 0 Å². The highest BCUT2D eigenvalue weighted by Gasteiger charge is 2.13. The fraction of sp³-hybridized carbons (Fsp3) is 0.375. The van der Waals surface area contributed by atoms with Crippen LogP contribution in [0.4, 0.5) is 5.69 Å². The first-order chi connectivity index (χ1) is 7.05. The molecular formula is C8H13N3O3S. The van der Waals surface area contributed by atoms with Crippen LogP contribution in [0.15, 0.2) is 23.4 Å². The molecule has 1 heterocycles. The van der Waals surface area contributed by atoms with Gasteiger partial charge in [0.25, 0.3) is 0 Å². The Bertz CT molecular complexity index is 419. The molecule has 0 bridgehead atoms. The number of sulfonamides is 1. The summed E-state index contributed by atoms with van der Waals surface area (Å²) >= 11 is 0. The Kier molecular flexibility index (Phi) is 4.01. The van der Waals surface area contributed by atoms with Gasteiger partial charge in [-0.05, 0) is 6.07 Å². The number of hydrogen-bond acceptors (Lipinski definition) is 5. The highest BCUT2D eigenvalue weighted by molar-refractivity contribution is 7.89. The van der Waals surface area contributed by atoms with Crippen LogP contribution in [-0.4, -0.2) is 33.7 Å². The fourth-order valence-corrected chi connectivity index (χ4v) is 1.70. The molecule has 0 spiro atoms. The van der Waals surface area contributed by atoms with Crippen LogP contribution in [0.3, 0.4) is 0 Å². The van der Waals surface area contributed by atoms with E-state index in [2.05, 4.69) is 10.3 Å². The molecule has 6 nitrogen and oxygen atoms in total. The van der Waals surface area contributed by atoms with Gasteiger partial charge in [-0.2, -0.15) is 0 Å². The Hall–Kier alpha value is -1.18. The summed E-state index contributed by atoms with van der Waals surface area (Å²) in [6, 6.07) is 1.55. The van der Waals surface area contributed by atoms with Gasteiger partial charge in [-0.15, -0.1) is 0 Å². The number of primary sulfonamides is 1. The van der Waals surface area contributed by atoms with Gasteiger partial charge in [0.1, 0.15) is 4.90 Å². The van der Waals surface area contributed by atoms with Crippen molar-refractivity contribution < 1.29 is 13.2 Å². The van der Waals surface area contributed by atoms with Gasteiger partial charge in [0.05, 0.1) is 12.3 Å². The van der Waals surface area contributed by atoms with Crippen LogP contribution in [0.25, 0.3) is 0 Å². The lowest BCUT2D eigenvalue weighted by molar-refractivity contribution is 0.210. The lowest BCUT2D eigenvalue weighted by atomic mass is 10.4. The summed E-state index contributed by atoms with van der Waals surface area (Å²) in [6.07, 6.45) is 2.70. The van der Waals surface area contributed by atoms with E-state index in [-0.39, 0.29) is 4.90 Å². The number of rotatable bonds is 5. The minimum Gasteiger partial charge on any atom is -0.383 e. The molecule has 0 aromatic carbocycles. The molecule has 0 fully saturated rings. The van der Waals surface area contributed by atoms with E-state index in [1.54, 1.807) is 13.2 Å². The van der Waals surface area contributed by atoms with Gasteiger partial charge in [-0.25, -0.2) is 13.6 Å². The number of nitrogens with zero attached hydrogens (tertiary/aromatic N) is 1. The van der Waals surface area contributed by atoms with Gasteiger partial charge in [0.2, 0.25) is 10.0 Å². The van der Waals surface area contributed by atoms with E-state index in [1.807, 2.05) is 0 Å². The first-order valence-corrected chi connectivity index (χ1v) is 5.80. The molecule has 0 unspecified atom stereocenters. The molecule has 7 heteroatoms. The predicted octanol–water partition coefficient (Wildman–Crippen LogP) is -0.213. The summed E-state index contributed by atoms with van der Waals surface area (Å²) in [5.74, 6) is 0. The summed E-state index contributed by atoms with van der Waals surface area (Å²) in [7, 11) is -2.17. The number of methoxy groups -OCH3 is 1. The third kappa shape index (κ3) is 3.46. The Morgan fingerprint density at radius 1 is 1.60 bits per heavy atom. The van der Waals surface area contributed by atoms with Gasteiger partial charge in [0, 0.05) is 26.0 Å². The molecule has 84 valence electrons. The van der Waals surface area contributed by atoms with Gasteiger partial charge < -0.3 is 10.1 Å². The van der Waals surface area contributed by atoms with Crippen LogP contribution in [0, 0.1) is 0 Å². The highest BCUT2D eigenvalue weighted by Crippen LogP contribution is 2.17. The van der Waals surface area contributed by atoms with E-state index in [4.69, 9.17) is 9.88 Å². The van der Waals surface area contributed by atoms with Crippen LogP contribution < -0.4 is 10.5 Å². The zero-order valence-electron chi connectivity index (χ0n) is 8.30. The second-order valence-electron chi connectivity index (χ2n) is 2.84. The van der Waals surface area contributed by atoms with Crippen molar-refractivity contribution in [2.45, 2.75) is 4.90 Å². The molecule has 0 amide bonds. The van der Waals surface area contributed by atoms with Gasteiger partial charge in [0.15, 0.2) is 0 Å². The molecule has 3 N–H and O–H groups in total. The lowest BCUT2D eigenvalue weighted by Crippen LogP contribution is -2.16. The number of pyridine rings is 1. The molecule has 1 aromatic rings. The van der Waals surface area contributed by atoms with E-state index in [1.165, 1.54) is 12.4 Å². The van der Waals surface area contributed by atoms with E-state index < -0.39 is 10.0 Å². The Labute approximate surface area is 88.5 Å². The number of nitrogens with two attached hydrogens (primary N) is 1. The first kappa shape index (κ1) is 11.9. The maximum atomic E-state index is 11.2. The minimum absolute atomic E-state index is 0.0129. The predicted molar refractivity (Wildman–Crippen MR) is 56.0 cm³/mol. The summed E-state index contributed by atoms with van der Waals surface area (Å²) in [5.41, 5.74) is 0.435. The normalized spacial score (nSPS) is 11.3. The molecular weight excluding hydrogens is 218 g/mol. The van der Waals surface area contributed by atoms with Crippen molar-refractivity contribution in [1.82, 2.24) is 4.98 Å². The molecule has 0 saturated carbocycles. The molecule has 15 heavy (non-hydrogen) atoms. The molecule has 0 atom stereocenters. The average molecular weight is 231 g/mol. The van der Waals surface area contributed by atoms with Gasteiger partial charge in [-0.1, -0.05) is 0 Å². The van der Waals surface area contributed by atoms with Crippen molar-refractivity contribution >= 4 is 15.7 Å². The third-order valence-corrected chi connectivity index (χ3v) is 2.65. The van der Waals surface area contributed by atoms with Crippen molar-refractivity contribution in [1.29, 1.82) is 0 Å². The van der Waals surface area contributed by atoms with Crippen LogP contribution in [-0.2, 0) is 14.8 Å². The maximum absolute atomic E-state index is 11.2. The van der Waals surface area contributed by atoms with Crippen LogP contribution >= 0.6 is 0 Å². The summed E-state index contributed by atoms with van der Waals surface area (Å²) in [4.78, 5) is 3.70. The number of hydrogen-bond donors (Lipinski definition) is 2. The first-order valence-electron chi connectivity index (χ1n) is 4.25. The van der Waals surface area contributed by atoms with Crippen LogP contribution in [0.1, 0.15) is 0 Å².